The Bertz CT molecular complexity index is 371. The van der Waals surface area contributed by atoms with E-state index in [1.165, 1.54) is 0 Å². The van der Waals surface area contributed by atoms with Gasteiger partial charge in [-0.05, 0) is 26.2 Å². The fourth-order valence-electron chi connectivity index (χ4n) is 1.62. The van der Waals surface area contributed by atoms with E-state index in [2.05, 4.69) is 10.2 Å². The molecule has 15 heavy (non-hydrogen) atoms. The van der Waals surface area contributed by atoms with E-state index in [9.17, 15) is 4.79 Å². The van der Waals surface area contributed by atoms with Gasteiger partial charge in [0.25, 0.3) is 0 Å². The third kappa shape index (κ3) is 1.67. The normalized spacial score (nSPS) is 16.1. The maximum absolute atomic E-state index is 10.9. The van der Waals surface area contributed by atoms with E-state index in [1.54, 1.807) is 4.57 Å². The smallest absolute Gasteiger partial charge is 0.374 e. The molecule has 1 N–H and O–H groups in total. The Labute approximate surface area is 86.9 Å². The molecule has 6 heteroatoms. The second-order valence-corrected chi connectivity index (χ2v) is 3.50. The van der Waals surface area contributed by atoms with E-state index in [1.807, 2.05) is 6.92 Å². The van der Waals surface area contributed by atoms with Gasteiger partial charge in [0.2, 0.25) is 5.82 Å². The van der Waals surface area contributed by atoms with Gasteiger partial charge in [-0.15, -0.1) is 5.10 Å². The van der Waals surface area contributed by atoms with Crippen molar-refractivity contribution < 1.29 is 14.6 Å². The molecule has 0 amide bonds. The van der Waals surface area contributed by atoms with Crippen LogP contribution in [0.15, 0.2) is 0 Å². The van der Waals surface area contributed by atoms with Crippen molar-refractivity contribution in [3.63, 3.8) is 0 Å². The summed E-state index contributed by atoms with van der Waals surface area (Å²) in [5, 5.41) is 16.3. The van der Waals surface area contributed by atoms with E-state index in [-0.39, 0.29) is 11.9 Å². The minimum Gasteiger partial charge on any atom is -0.475 e. The Balaban J connectivity index is 2.34. The summed E-state index contributed by atoms with van der Waals surface area (Å²) in [5.74, 6) is -1.08. The van der Waals surface area contributed by atoms with Gasteiger partial charge in [0.15, 0.2) is 0 Å². The SMILES string of the molecule is CCOc1nnc(C(=O)O)n1C1CCC1. The fourth-order valence-corrected chi connectivity index (χ4v) is 1.62. The molecule has 6 nitrogen and oxygen atoms in total. The zero-order chi connectivity index (χ0) is 10.8. The quantitative estimate of drug-likeness (QED) is 0.806. The molecule has 0 atom stereocenters. The highest BCUT2D eigenvalue weighted by atomic mass is 16.5. The van der Waals surface area contributed by atoms with Crippen molar-refractivity contribution in [3.05, 3.63) is 5.82 Å². The van der Waals surface area contributed by atoms with Crippen LogP contribution in [0.5, 0.6) is 6.01 Å². The van der Waals surface area contributed by atoms with Gasteiger partial charge >= 0.3 is 12.0 Å². The topological polar surface area (TPSA) is 77.2 Å². The Morgan fingerprint density at radius 2 is 2.33 bits per heavy atom. The Hall–Kier alpha value is -1.59. The number of aromatic nitrogens is 3. The van der Waals surface area contributed by atoms with Gasteiger partial charge in [-0.25, -0.2) is 4.79 Å². The summed E-state index contributed by atoms with van der Waals surface area (Å²) in [5.41, 5.74) is 0. The molecule has 0 spiro atoms. The van der Waals surface area contributed by atoms with Crippen molar-refractivity contribution in [1.29, 1.82) is 0 Å². The predicted molar refractivity (Wildman–Crippen MR) is 51.0 cm³/mol. The standard InChI is InChI=1S/C9H13N3O3/c1-2-15-9-11-10-7(8(13)14)12(9)6-4-3-5-6/h6H,2-5H2,1H3,(H,13,14). The van der Waals surface area contributed by atoms with Crippen LogP contribution in [0.3, 0.4) is 0 Å². The lowest BCUT2D eigenvalue weighted by atomic mass is 9.93. The molecule has 1 aliphatic rings. The second-order valence-electron chi connectivity index (χ2n) is 3.50. The number of aromatic carboxylic acids is 1. The number of nitrogens with zero attached hydrogens (tertiary/aromatic N) is 3. The summed E-state index contributed by atoms with van der Waals surface area (Å²) in [4.78, 5) is 10.9. The molecule has 1 aromatic rings. The van der Waals surface area contributed by atoms with Crippen LogP contribution >= 0.6 is 0 Å². The summed E-state index contributed by atoms with van der Waals surface area (Å²) in [7, 11) is 0. The summed E-state index contributed by atoms with van der Waals surface area (Å²) < 4.78 is 6.84. The van der Waals surface area contributed by atoms with Gasteiger partial charge in [0, 0.05) is 6.04 Å². The number of hydrogen-bond donors (Lipinski definition) is 1. The molecular formula is C9H13N3O3. The lowest BCUT2D eigenvalue weighted by molar-refractivity contribution is 0.0668. The molecular weight excluding hydrogens is 198 g/mol. The Kier molecular flexibility index (Phi) is 2.57. The number of hydrogen-bond acceptors (Lipinski definition) is 4. The van der Waals surface area contributed by atoms with Crippen LogP contribution in [0, 0.1) is 0 Å². The van der Waals surface area contributed by atoms with E-state index in [0.29, 0.717) is 12.6 Å². The molecule has 2 rings (SSSR count). The van der Waals surface area contributed by atoms with Crippen molar-refractivity contribution >= 4 is 5.97 Å². The first-order valence-corrected chi connectivity index (χ1v) is 5.05. The summed E-state index contributed by atoms with van der Waals surface area (Å²) in [6.45, 7) is 2.30. The average Bonchev–Trinajstić information content (AvgIpc) is 2.47. The minimum atomic E-state index is -1.06. The fraction of sp³-hybridized carbons (Fsp3) is 0.667. The molecule has 0 aromatic carbocycles. The Morgan fingerprint density at radius 1 is 1.60 bits per heavy atom. The first kappa shape index (κ1) is 9.95. The molecule has 0 bridgehead atoms. The molecule has 82 valence electrons. The molecule has 1 aromatic heterocycles. The lowest BCUT2D eigenvalue weighted by Crippen LogP contribution is -2.22. The zero-order valence-electron chi connectivity index (χ0n) is 8.51. The van der Waals surface area contributed by atoms with Gasteiger partial charge in [-0.2, -0.15) is 0 Å². The largest absolute Gasteiger partial charge is 0.475 e. The van der Waals surface area contributed by atoms with Gasteiger partial charge in [0.05, 0.1) is 6.61 Å². The molecule has 1 saturated carbocycles. The highest BCUT2D eigenvalue weighted by Crippen LogP contribution is 2.35. The molecule has 0 aliphatic heterocycles. The van der Waals surface area contributed by atoms with Crippen LogP contribution in [0.4, 0.5) is 0 Å². The van der Waals surface area contributed by atoms with Crippen LogP contribution in [0.1, 0.15) is 42.8 Å². The summed E-state index contributed by atoms with van der Waals surface area (Å²) in [6.07, 6.45) is 3.06. The van der Waals surface area contributed by atoms with Gasteiger partial charge in [0.1, 0.15) is 0 Å². The van der Waals surface area contributed by atoms with Gasteiger partial charge in [-0.3, -0.25) is 4.57 Å². The van der Waals surface area contributed by atoms with Crippen molar-refractivity contribution in [1.82, 2.24) is 14.8 Å². The molecule has 1 aliphatic carbocycles. The number of rotatable bonds is 4. The number of ether oxygens (including phenoxy) is 1. The van der Waals surface area contributed by atoms with Gasteiger partial charge < -0.3 is 9.84 Å². The molecule has 1 heterocycles. The van der Waals surface area contributed by atoms with Crippen molar-refractivity contribution in [2.75, 3.05) is 6.61 Å². The molecule has 1 fully saturated rings. The zero-order valence-corrected chi connectivity index (χ0v) is 8.51. The van der Waals surface area contributed by atoms with Crippen LogP contribution in [0.2, 0.25) is 0 Å². The van der Waals surface area contributed by atoms with Crippen LogP contribution in [-0.2, 0) is 0 Å². The number of carboxylic acid groups (broad SMARTS) is 1. The van der Waals surface area contributed by atoms with Crippen molar-refractivity contribution in [2.45, 2.75) is 32.2 Å². The number of carbonyl (C=O) groups is 1. The van der Waals surface area contributed by atoms with Crippen molar-refractivity contribution in [3.8, 4) is 6.01 Å². The number of carboxylic acids is 1. The van der Waals surface area contributed by atoms with Crippen LogP contribution in [-0.4, -0.2) is 32.4 Å². The minimum absolute atomic E-state index is 0.0249. The first-order chi connectivity index (χ1) is 7.24. The molecule has 0 saturated heterocycles. The molecule has 0 radical (unpaired) electrons. The highest BCUT2D eigenvalue weighted by molar-refractivity contribution is 5.83. The highest BCUT2D eigenvalue weighted by Gasteiger charge is 2.29. The van der Waals surface area contributed by atoms with Crippen molar-refractivity contribution in [2.24, 2.45) is 0 Å². The maximum Gasteiger partial charge on any atom is 0.374 e. The monoisotopic (exact) mass is 211 g/mol. The third-order valence-corrected chi connectivity index (χ3v) is 2.57. The lowest BCUT2D eigenvalue weighted by Gasteiger charge is -2.27. The van der Waals surface area contributed by atoms with Crippen LogP contribution < -0.4 is 4.74 Å². The van der Waals surface area contributed by atoms with E-state index < -0.39 is 5.97 Å². The van der Waals surface area contributed by atoms with Crippen LogP contribution in [0.25, 0.3) is 0 Å². The maximum atomic E-state index is 10.9. The van der Waals surface area contributed by atoms with E-state index in [0.717, 1.165) is 19.3 Å². The third-order valence-electron chi connectivity index (χ3n) is 2.57. The van der Waals surface area contributed by atoms with Gasteiger partial charge in [-0.1, -0.05) is 5.10 Å². The molecule has 0 unspecified atom stereocenters. The first-order valence-electron chi connectivity index (χ1n) is 5.05. The summed E-state index contributed by atoms with van der Waals surface area (Å²) in [6, 6.07) is 0.507. The average molecular weight is 211 g/mol. The Morgan fingerprint density at radius 3 is 2.80 bits per heavy atom. The summed E-state index contributed by atoms with van der Waals surface area (Å²) >= 11 is 0. The van der Waals surface area contributed by atoms with E-state index >= 15 is 0 Å². The predicted octanol–water partition coefficient (Wildman–Crippen LogP) is 1.10. The second kappa shape index (κ2) is 3.88. The van der Waals surface area contributed by atoms with E-state index in [4.69, 9.17) is 9.84 Å².